The van der Waals surface area contributed by atoms with Crippen LogP contribution in [0.1, 0.15) is 34.6 Å². The van der Waals surface area contributed by atoms with Crippen molar-refractivity contribution in [1.82, 2.24) is 14.7 Å². The molecule has 2 aliphatic heterocycles. The van der Waals surface area contributed by atoms with Crippen molar-refractivity contribution in [2.24, 2.45) is 5.73 Å². The summed E-state index contributed by atoms with van der Waals surface area (Å²) in [7, 11) is 0. The quantitative estimate of drug-likeness (QED) is 0.775. The Labute approximate surface area is 152 Å². The van der Waals surface area contributed by atoms with Crippen LogP contribution in [0.4, 0.5) is 10.5 Å². The fourth-order valence-electron chi connectivity index (χ4n) is 3.37. The zero-order valence-electron chi connectivity index (χ0n) is 15.2. The van der Waals surface area contributed by atoms with Gasteiger partial charge in [0, 0.05) is 51.0 Å². The fourth-order valence-corrected chi connectivity index (χ4v) is 3.37. The molecule has 3 N–H and O–H groups in total. The highest BCUT2D eigenvalue weighted by molar-refractivity contribution is 6.22. The summed E-state index contributed by atoms with van der Waals surface area (Å²) < 4.78 is 0. The van der Waals surface area contributed by atoms with Crippen molar-refractivity contribution in [3.8, 4) is 0 Å². The van der Waals surface area contributed by atoms with E-state index in [0.29, 0.717) is 36.4 Å². The molecule has 1 aromatic carbocycles. The normalized spacial score (nSPS) is 17.8. The van der Waals surface area contributed by atoms with Gasteiger partial charge in [0.05, 0.1) is 11.1 Å². The molecule has 8 heteroatoms. The Morgan fingerprint density at radius 2 is 1.77 bits per heavy atom. The van der Waals surface area contributed by atoms with Crippen LogP contribution in [0.15, 0.2) is 18.2 Å². The number of amides is 4. The number of benzene rings is 1. The number of imide groups is 1. The second-order valence-corrected chi connectivity index (χ2v) is 6.88. The van der Waals surface area contributed by atoms with E-state index in [-0.39, 0.29) is 23.9 Å². The van der Waals surface area contributed by atoms with Crippen LogP contribution in [-0.4, -0.2) is 77.9 Å². The summed E-state index contributed by atoms with van der Waals surface area (Å²) in [5, 5.41) is 2.83. The second-order valence-electron chi connectivity index (χ2n) is 6.88. The Bertz CT molecular complexity index is 726. The molecule has 0 radical (unpaired) electrons. The molecule has 0 unspecified atom stereocenters. The van der Waals surface area contributed by atoms with Gasteiger partial charge in [-0.05, 0) is 32.0 Å². The number of anilines is 1. The molecule has 0 saturated carbocycles. The zero-order valence-corrected chi connectivity index (χ0v) is 15.2. The molecule has 1 saturated heterocycles. The van der Waals surface area contributed by atoms with Gasteiger partial charge < -0.3 is 16.0 Å². The van der Waals surface area contributed by atoms with E-state index in [1.165, 1.54) is 4.90 Å². The van der Waals surface area contributed by atoms with Gasteiger partial charge in [0.2, 0.25) is 0 Å². The van der Waals surface area contributed by atoms with E-state index in [1.54, 1.807) is 36.9 Å². The summed E-state index contributed by atoms with van der Waals surface area (Å²) in [6.07, 6.45) is 0. The summed E-state index contributed by atoms with van der Waals surface area (Å²) in [5.74, 6) is -0.597. The predicted molar refractivity (Wildman–Crippen MR) is 98.2 cm³/mol. The van der Waals surface area contributed by atoms with Crippen molar-refractivity contribution in [3.63, 3.8) is 0 Å². The highest BCUT2D eigenvalue weighted by Crippen LogP contribution is 2.27. The lowest BCUT2D eigenvalue weighted by Gasteiger charge is -2.34. The Kier molecular flexibility index (Phi) is 5.24. The molecule has 2 aliphatic rings. The van der Waals surface area contributed by atoms with E-state index in [1.807, 2.05) is 0 Å². The molecule has 0 spiro atoms. The first-order valence-electron chi connectivity index (χ1n) is 8.92. The summed E-state index contributed by atoms with van der Waals surface area (Å²) in [4.78, 5) is 42.4. The topological polar surface area (TPSA) is 99.0 Å². The van der Waals surface area contributed by atoms with Crippen molar-refractivity contribution in [1.29, 1.82) is 0 Å². The molecule has 26 heavy (non-hydrogen) atoms. The first-order chi connectivity index (χ1) is 12.4. The minimum Gasteiger partial charge on any atom is -0.329 e. The lowest BCUT2D eigenvalue weighted by atomic mass is 10.1. The number of nitrogens with one attached hydrogen (secondary N) is 1. The highest BCUT2D eigenvalue weighted by Gasteiger charge is 2.37. The molecular weight excluding hydrogens is 334 g/mol. The molecule has 0 atom stereocenters. The standard InChI is InChI=1S/C18H25N5O3/c1-12(2)23-16(24)14-4-3-13(11-15(14)17(23)25)20-18(26)22-9-7-21(6-5-19)8-10-22/h3-4,11-12H,5-10,19H2,1-2H3,(H,20,26). The van der Waals surface area contributed by atoms with Gasteiger partial charge in [0.15, 0.2) is 0 Å². The highest BCUT2D eigenvalue weighted by atomic mass is 16.2. The summed E-state index contributed by atoms with van der Waals surface area (Å²) in [6.45, 7) is 7.91. The number of nitrogens with zero attached hydrogens (tertiary/aromatic N) is 3. The smallest absolute Gasteiger partial charge is 0.321 e. The minimum atomic E-state index is -0.313. The molecular formula is C18H25N5O3. The van der Waals surface area contributed by atoms with Crippen LogP contribution >= 0.6 is 0 Å². The average Bonchev–Trinajstić information content (AvgIpc) is 2.86. The van der Waals surface area contributed by atoms with E-state index in [4.69, 9.17) is 5.73 Å². The minimum absolute atomic E-state index is 0.199. The summed E-state index contributed by atoms with van der Waals surface area (Å²) >= 11 is 0. The number of carbonyl (C=O) groups excluding carboxylic acids is 3. The van der Waals surface area contributed by atoms with Gasteiger partial charge >= 0.3 is 6.03 Å². The lowest BCUT2D eigenvalue weighted by Crippen LogP contribution is -2.50. The third-order valence-corrected chi connectivity index (χ3v) is 4.79. The molecule has 4 amide bonds. The Morgan fingerprint density at radius 3 is 2.38 bits per heavy atom. The van der Waals surface area contributed by atoms with Gasteiger partial charge in [-0.1, -0.05) is 0 Å². The molecule has 3 rings (SSSR count). The first-order valence-corrected chi connectivity index (χ1v) is 8.92. The number of rotatable bonds is 4. The maximum Gasteiger partial charge on any atom is 0.321 e. The molecule has 1 fully saturated rings. The predicted octanol–water partition coefficient (Wildman–Crippen LogP) is 0.799. The third-order valence-electron chi connectivity index (χ3n) is 4.79. The van der Waals surface area contributed by atoms with Gasteiger partial charge in [-0.15, -0.1) is 0 Å². The van der Waals surface area contributed by atoms with Crippen LogP contribution in [-0.2, 0) is 0 Å². The van der Waals surface area contributed by atoms with Crippen molar-refractivity contribution < 1.29 is 14.4 Å². The van der Waals surface area contributed by atoms with Gasteiger partial charge in [-0.2, -0.15) is 0 Å². The second kappa shape index (κ2) is 7.43. The number of carbonyl (C=O) groups is 3. The molecule has 1 aromatic rings. The Balaban J connectivity index is 1.67. The molecule has 0 aliphatic carbocycles. The van der Waals surface area contributed by atoms with Crippen LogP contribution in [0, 0.1) is 0 Å². The first kappa shape index (κ1) is 18.3. The van der Waals surface area contributed by atoms with Crippen LogP contribution < -0.4 is 11.1 Å². The van der Waals surface area contributed by atoms with Crippen molar-refractivity contribution in [2.45, 2.75) is 19.9 Å². The number of nitrogens with two attached hydrogens (primary N) is 1. The molecule has 2 heterocycles. The number of urea groups is 1. The largest absolute Gasteiger partial charge is 0.329 e. The summed E-state index contributed by atoms with van der Waals surface area (Å²) in [5.41, 5.74) is 6.81. The van der Waals surface area contributed by atoms with Crippen LogP contribution in [0.2, 0.25) is 0 Å². The van der Waals surface area contributed by atoms with E-state index in [9.17, 15) is 14.4 Å². The van der Waals surface area contributed by atoms with Gasteiger partial charge in [0.1, 0.15) is 0 Å². The molecule has 0 bridgehead atoms. The lowest BCUT2D eigenvalue weighted by molar-refractivity contribution is 0.0609. The molecule has 0 aromatic heterocycles. The van der Waals surface area contributed by atoms with E-state index in [0.717, 1.165) is 19.6 Å². The van der Waals surface area contributed by atoms with Crippen LogP contribution in [0.3, 0.4) is 0 Å². The van der Waals surface area contributed by atoms with Gasteiger partial charge in [-0.25, -0.2) is 4.79 Å². The molecule has 140 valence electrons. The Hall–Kier alpha value is -2.45. The van der Waals surface area contributed by atoms with E-state index >= 15 is 0 Å². The molecule has 8 nitrogen and oxygen atoms in total. The SMILES string of the molecule is CC(C)N1C(=O)c2ccc(NC(=O)N3CCN(CCN)CC3)cc2C1=O. The fraction of sp³-hybridized carbons (Fsp3) is 0.500. The van der Waals surface area contributed by atoms with Crippen molar-refractivity contribution in [2.75, 3.05) is 44.6 Å². The zero-order chi connectivity index (χ0) is 18.8. The third kappa shape index (κ3) is 3.42. The van der Waals surface area contributed by atoms with E-state index < -0.39 is 0 Å². The number of hydrogen-bond acceptors (Lipinski definition) is 5. The maximum atomic E-state index is 12.5. The maximum absolute atomic E-state index is 12.5. The van der Waals surface area contributed by atoms with Crippen molar-refractivity contribution >= 4 is 23.5 Å². The number of piperazine rings is 1. The monoisotopic (exact) mass is 359 g/mol. The Morgan fingerprint density at radius 1 is 1.12 bits per heavy atom. The van der Waals surface area contributed by atoms with Gasteiger partial charge in [-0.3, -0.25) is 19.4 Å². The average molecular weight is 359 g/mol. The van der Waals surface area contributed by atoms with Crippen LogP contribution in [0.25, 0.3) is 0 Å². The van der Waals surface area contributed by atoms with Crippen LogP contribution in [0.5, 0.6) is 0 Å². The summed E-state index contributed by atoms with van der Waals surface area (Å²) in [6, 6.07) is 4.45. The number of hydrogen-bond donors (Lipinski definition) is 2. The van der Waals surface area contributed by atoms with Gasteiger partial charge in [0.25, 0.3) is 11.8 Å². The number of fused-ring (bicyclic) bond motifs is 1. The van der Waals surface area contributed by atoms with E-state index in [2.05, 4.69) is 10.2 Å². The van der Waals surface area contributed by atoms with Crippen molar-refractivity contribution in [3.05, 3.63) is 29.3 Å².